The van der Waals surface area contributed by atoms with Crippen molar-refractivity contribution in [3.63, 3.8) is 0 Å². The van der Waals surface area contributed by atoms with E-state index in [-0.39, 0.29) is 28.7 Å². The smallest absolute Gasteiger partial charge is 0.416 e. The Kier molecular flexibility index (Phi) is 10.9. The van der Waals surface area contributed by atoms with E-state index in [0.29, 0.717) is 51.4 Å². The second-order valence-electron chi connectivity index (χ2n) is 10.7. The third-order valence-corrected chi connectivity index (χ3v) is 9.24. The molecule has 242 valence electrons. The number of aromatic carboxylic acids is 1. The first-order valence-corrected chi connectivity index (χ1v) is 16.2. The van der Waals surface area contributed by atoms with Crippen LogP contribution in [0.2, 0.25) is 5.02 Å². The number of amides is 1. The van der Waals surface area contributed by atoms with Gasteiger partial charge in [0, 0.05) is 29.2 Å². The Labute approximate surface area is 278 Å². The van der Waals surface area contributed by atoms with E-state index >= 15 is 0 Å². The largest absolute Gasteiger partial charge is 0.494 e. The molecule has 0 bridgehead atoms. The predicted molar refractivity (Wildman–Crippen MR) is 176 cm³/mol. The lowest BCUT2D eigenvalue weighted by Crippen LogP contribution is -2.29. The quantitative estimate of drug-likeness (QED) is 0.117. The lowest BCUT2D eigenvalue weighted by molar-refractivity contribution is -0.137. The van der Waals surface area contributed by atoms with Crippen molar-refractivity contribution in [1.29, 1.82) is 0 Å². The average Bonchev–Trinajstić information content (AvgIpc) is 3.63. The molecule has 7 nitrogen and oxygen atoms in total. The van der Waals surface area contributed by atoms with Gasteiger partial charge in [0.05, 0.1) is 22.6 Å². The van der Waals surface area contributed by atoms with Gasteiger partial charge in [-0.25, -0.2) is 4.79 Å². The molecule has 1 N–H and O–H groups in total. The number of thioether (sulfide) groups is 1. The summed E-state index contributed by atoms with van der Waals surface area (Å²) in [6.07, 6.45) is -0.132. The van der Waals surface area contributed by atoms with Crippen LogP contribution in [0.1, 0.15) is 40.7 Å². The first-order chi connectivity index (χ1) is 22.0. The number of alkyl halides is 3. The van der Waals surface area contributed by atoms with E-state index < -0.39 is 17.7 Å². The highest BCUT2D eigenvalue weighted by molar-refractivity contribution is 8.26. The maximum Gasteiger partial charge on any atom is 0.416 e. The molecule has 0 atom stereocenters. The number of hydrogen-bond acceptors (Lipinski definition) is 7. The monoisotopic (exact) mass is 690 g/mol. The highest BCUT2D eigenvalue weighted by Crippen LogP contribution is 2.39. The van der Waals surface area contributed by atoms with Gasteiger partial charge in [-0.1, -0.05) is 41.6 Å². The average molecular weight is 691 g/mol. The summed E-state index contributed by atoms with van der Waals surface area (Å²) in [4.78, 5) is 28.6. The number of likely N-dealkylation sites (tertiary alicyclic amines) is 1. The van der Waals surface area contributed by atoms with Crippen molar-refractivity contribution in [3.8, 4) is 22.6 Å². The van der Waals surface area contributed by atoms with Crippen LogP contribution in [0, 0.1) is 0 Å². The van der Waals surface area contributed by atoms with Crippen LogP contribution in [-0.2, 0) is 11.0 Å². The van der Waals surface area contributed by atoms with Crippen molar-refractivity contribution < 1.29 is 37.3 Å². The molecule has 2 fully saturated rings. The molecule has 2 saturated heterocycles. The minimum absolute atomic E-state index is 0.153. The summed E-state index contributed by atoms with van der Waals surface area (Å²) in [6, 6.07) is 14.2. The summed E-state index contributed by atoms with van der Waals surface area (Å²) in [6.45, 7) is 3.73. The van der Waals surface area contributed by atoms with Gasteiger partial charge >= 0.3 is 12.1 Å². The van der Waals surface area contributed by atoms with E-state index in [9.17, 15) is 22.8 Å². The van der Waals surface area contributed by atoms with Gasteiger partial charge < -0.3 is 14.6 Å². The SMILES string of the molecule is O=C(O)c1ccc(OCCCN2C(=O)C(=Cc3cc(-c4cc(C(F)(F)F)ccc4Cl)ccc3OCCN3CCCC3)SC2=S)cc1. The molecule has 0 aliphatic carbocycles. The van der Waals surface area contributed by atoms with Crippen LogP contribution in [0.3, 0.4) is 0 Å². The highest BCUT2D eigenvalue weighted by atomic mass is 35.5. The number of hydrogen-bond donors (Lipinski definition) is 1. The summed E-state index contributed by atoms with van der Waals surface area (Å²) in [5.74, 6) is -0.334. The van der Waals surface area contributed by atoms with E-state index in [2.05, 4.69) is 4.90 Å². The first-order valence-electron chi connectivity index (χ1n) is 14.6. The Morgan fingerprint density at radius 2 is 1.74 bits per heavy atom. The van der Waals surface area contributed by atoms with Crippen LogP contribution < -0.4 is 9.47 Å². The van der Waals surface area contributed by atoms with Gasteiger partial charge in [0.25, 0.3) is 5.91 Å². The Balaban J connectivity index is 1.33. The van der Waals surface area contributed by atoms with Crippen LogP contribution in [0.5, 0.6) is 11.5 Å². The van der Waals surface area contributed by atoms with Crippen molar-refractivity contribution >= 4 is 57.9 Å². The Morgan fingerprint density at radius 1 is 1.00 bits per heavy atom. The summed E-state index contributed by atoms with van der Waals surface area (Å²) >= 11 is 13.0. The van der Waals surface area contributed by atoms with Crippen LogP contribution in [0.25, 0.3) is 17.2 Å². The van der Waals surface area contributed by atoms with Crippen LogP contribution >= 0.6 is 35.6 Å². The second kappa shape index (κ2) is 14.9. The number of carboxylic acids is 1. The fourth-order valence-electron chi connectivity index (χ4n) is 5.11. The predicted octanol–water partition coefficient (Wildman–Crippen LogP) is 7.87. The highest BCUT2D eigenvalue weighted by Gasteiger charge is 2.33. The summed E-state index contributed by atoms with van der Waals surface area (Å²) in [5.41, 5.74) is 0.501. The summed E-state index contributed by atoms with van der Waals surface area (Å²) in [7, 11) is 0. The molecule has 3 aromatic rings. The molecule has 2 aliphatic heterocycles. The third kappa shape index (κ3) is 8.41. The number of thiocarbonyl (C=S) groups is 1. The molecule has 5 rings (SSSR count). The minimum atomic E-state index is -4.54. The van der Waals surface area contributed by atoms with Crippen LogP contribution in [-0.4, -0.2) is 70.5 Å². The fourth-order valence-corrected chi connectivity index (χ4v) is 6.64. The maximum absolute atomic E-state index is 13.5. The van der Waals surface area contributed by atoms with Crippen molar-refractivity contribution in [2.24, 2.45) is 0 Å². The van der Waals surface area contributed by atoms with E-state index in [0.717, 1.165) is 56.4 Å². The van der Waals surface area contributed by atoms with Crippen molar-refractivity contribution in [3.05, 3.63) is 87.3 Å². The topological polar surface area (TPSA) is 79.3 Å². The van der Waals surface area contributed by atoms with Gasteiger partial charge in [-0.2, -0.15) is 13.2 Å². The van der Waals surface area contributed by atoms with Gasteiger partial charge in [0.15, 0.2) is 0 Å². The number of carbonyl (C=O) groups excluding carboxylic acids is 1. The molecule has 2 aliphatic rings. The van der Waals surface area contributed by atoms with E-state index in [1.54, 1.807) is 36.4 Å². The van der Waals surface area contributed by atoms with Gasteiger partial charge in [0.2, 0.25) is 0 Å². The lowest BCUT2D eigenvalue weighted by Gasteiger charge is -2.17. The zero-order valence-corrected chi connectivity index (χ0v) is 26.9. The fraction of sp³-hybridized carbons (Fsp3) is 0.303. The molecular weight excluding hydrogens is 661 g/mol. The number of benzene rings is 3. The Hall–Kier alpha value is -3.58. The molecule has 1 amide bonds. The maximum atomic E-state index is 13.5. The normalized spacial score (nSPS) is 16.4. The molecule has 0 aromatic heterocycles. The summed E-state index contributed by atoms with van der Waals surface area (Å²) in [5, 5.41) is 9.19. The number of halogens is 4. The van der Waals surface area contributed by atoms with Crippen molar-refractivity contribution in [2.75, 3.05) is 39.4 Å². The summed E-state index contributed by atoms with van der Waals surface area (Å²) < 4.78 is 52.6. The zero-order chi connectivity index (χ0) is 32.8. The second-order valence-corrected chi connectivity index (χ2v) is 12.8. The number of carbonyl (C=O) groups is 2. The first kappa shape index (κ1) is 33.8. The molecular formula is C33H30ClF3N2O5S2. The van der Waals surface area contributed by atoms with Gasteiger partial charge in [-0.15, -0.1) is 0 Å². The van der Waals surface area contributed by atoms with Crippen molar-refractivity contribution in [2.45, 2.75) is 25.4 Å². The van der Waals surface area contributed by atoms with Gasteiger partial charge in [0.1, 0.15) is 22.4 Å². The molecule has 13 heteroatoms. The Morgan fingerprint density at radius 3 is 2.43 bits per heavy atom. The molecule has 0 radical (unpaired) electrons. The number of nitrogens with zero attached hydrogens (tertiary/aromatic N) is 2. The number of carboxylic acid groups (broad SMARTS) is 1. The van der Waals surface area contributed by atoms with Gasteiger partial charge in [-0.3, -0.25) is 14.6 Å². The number of rotatable bonds is 12. The van der Waals surface area contributed by atoms with Gasteiger partial charge in [-0.05, 0) is 98.6 Å². The number of ether oxygens (including phenoxy) is 2. The lowest BCUT2D eigenvalue weighted by atomic mass is 9.99. The Bertz CT molecular complexity index is 1640. The molecule has 46 heavy (non-hydrogen) atoms. The molecule has 2 heterocycles. The standard InChI is InChI=1S/C33H30ClF3N2O5S2/c34-27-10-7-24(33(35,36)37)20-26(27)22-6-11-28(44-17-15-38-12-1-2-13-38)23(18-22)19-29-30(40)39(32(45)46-29)14-3-16-43-25-8-4-21(5-9-25)31(41)42/h4-11,18-20H,1-3,12-17H2,(H,41,42). The molecule has 0 unspecified atom stereocenters. The van der Waals surface area contributed by atoms with E-state index in [1.165, 1.54) is 23.1 Å². The zero-order valence-electron chi connectivity index (χ0n) is 24.5. The van der Waals surface area contributed by atoms with Crippen LogP contribution in [0.15, 0.2) is 65.6 Å². The third-order valence-electron chi connectivity index (χ3n) is 7.53. The van der Waals surface area contributed by atoms with Crippen molar-refractivity contribution in [1.82, 2.24) is 9.80 Å². The van der Waals surface area contributed by atoms with Crippen LogP contribution in [0.4, 0.5) is 13.2 Å². The minimum Gasteiger partial charge on any atom is -0.494 e. The molecule has 0 spiro atoms. The van der Waals surface area contributed by atoms with E-state index in [4.69, 9.17) is 38.4 Å². The molecule has 3 aromatic carbocycles. The van der Waals surface area contributed by atoms with E-state index in [1.807, 2.05) is 0 Å². The molecule has 0 saturated carbocycles.